The number of carbonyl (C=O) groups excluding carboxylic acids is 3. The Morgan fingerprint density at radius 2 is 1.26 bits per heavy atom. The number of rotatable bonds is 11. The lowest BCUT2D eigenvalue weighted by Gasteiger charge is -2.47. The van der Waals surface area contributed by atoms with Crippen molar-refractivity contribution in [3.05, 3.63) is 82.5 Å². The summed E-state index contributed by atoms with van der Waals surface area (Å²) in [6.07, 6.45) is 5.75. The number of ether oxygens (including phenoxy) is 4. The number of carboxylic acid groups (broad SMARTS) is 1. The maximum atomic E-state index is 14.1. The van der Waals surface area contributed by atoms with Gasteiger partial charge in [0, 0.05) is 59.6 Å². The number of anilines is 2. The van der Waals surface area contributed by atoms with Crippen LogP contribution < -0.4 is 20.1 Å². The number of aromatic nitrogens is 8. The summed E-state index contributed by atoms with van der Waals surface area (Å²) in [6.45, 7) is 14.1. The smallest absolute Gasteiger partial charge is 0.338 e. The van der Waals surface area contributed by atoms with Gasteiger partial charge in [0.25, 0.3) is 11.8 Å². The Hall–Kier alpha value is -6.84. The van der Waals surface area contributed by atoms with Gasteiger partial charge in [-0.25, -0.2) is 19.6 Å². The number of imidazole rings is 2. The highest BCUT2D eigenvalue weighted by molar-refractivity contribution is 6.12. The van der Waals surface area contributed by atoms with Gasteiger partial charge in [-0.05, 0) is 83.9 Å². The molecule has 4 aromatic heterocycles. The normalized spacial score (nSPS) is 20.6. The molecule has 2 amide bonds. The highest BCUT2D eigenvalue weighted by Gasteiger charge is 2.47. The number of carboxylic acids is 1. The van der Waals surface area contributed by atoms with Crippen LogP contribution in [0.3, 0.4) is 0 Å². The van der Waals surface area contributed by atoms with E-state index < -0.39 is 29.2 Å². The van der Waals surface area contributed by atoms with Gasteiger partial charge in [0.05, 0.1) is 66.6 Å². The number of esters is 1. The van der Waals surface area contributed by atoms with Crippen LogP contribution in [0.2, 0.25) is 0 Å². The number of benzene rings is 2. The topological polar surface area (TPSA) is 224 Å². The summed E-state index contributed by atoms with van der Waals surface area (Å²) in [6, 6.07) is 10.1. The summed E-state index contributed by atoms with van der Waals surface area (Å²) in [4.78, 5) is 66.5. The summed E-state index contributed by atoms with van der Waals surface area (Å²) in [5.74, 6) is -1.60. The van der Waals surface area contributed by atoms with Crippen LogP contribution in [0.15, 0.2) is 48.6 Å². The van der Waals surface area contributed by atoms with Gasteiger partial charge in [-0.1, -0.05) is 19.1 Å². The molecule has 21 heteroatoms. The van der Waals surface area contributed by atoms with E-state index in [-0.39, 0.29) is 79.4 Å². The van der Waals surface area contributed by atoms with Crippen molar-refractivity contribution in [1.82, 2.24) is 43.6 Å². The quantitative estimate of drug-likeness (QED) is 0.0931. The van der Waals surface area contributed by atoms with Crippen LogP contribution >= 0.6 is 0 Å². The molecule has 358 valence electrons. The third-order valence-electron chi connectivity index (χ3n) is 13.3. The number of aromatic carboxylic acids is 1. The predicted octanol–water partition coefficient (Wildman–Crippen LogP) is 4.40. The van der Waals surface area contributed by atoms with Crippen molar-refractivity contribution in [2.75, 3.05) is 43.7 Å². The minimum atomic E-state index is -1.17. The average Bonchev–Trinajstić information content (AvgIpc) is 4.12. The number of hydrogen-bond donors (Lipinski definition) is 3. The van der Waals surface area contributed by atoms with Crippen LogP contribution in [0.1, 0.15) is 93.6 Å². The molecule has 0 radical (unpaired) electrons. The van der Waals surface area contributed by atoms with E-state index in [2.05, 4.69) is 32.7 Å². The molecular formula is C47H57N11O9Si. The van der Waals surface area contributed by atoms with Gasteiger partial charge >= 0.3 is 11.9 Å². The Morgan fingerprint density at radius 1 is 0.779 bits per heavy atom. The van der Waals surface area contributed by atoms with Gasteiger partial charge in [-0.15, -0.1) is 0 Å². The minimum absolute atomic E-state index is 0.0265. The Bertz CT molecular complexity index is 2970. The number of carbonyl (C=O) groups is 4. The number of allylic oxidation sites excluding steroid dienone is 2. The van der Waals surface area contributed by atoms with Crippen LogP contribution in [0.25, 0.3) is 22.1 Å². The summed E-state index contributed by atoms with van der Waals surface area (Å²) in [7, 11) is 0.695. The van der Waals surface area contributed by atoms with Gasteiger partial charge in [0.15, 0.2) is 0 Å². The number of nitrogens with zero attached hydrogens (tertiary/aromatic N) is 9. The first-order valence-corrected chi connectivity index (χ1v) is 24.3. The van der Waals surface area contributed by atoms with Gasteiger partial charge in [-0.2, -0.15) is 10.2 Å². The lowest BCUT2D eigenvalue weighted by atomic mass is 9.90. The zero-order chi connectivity index (χ0) is 48.0. The molecule has 6 aromatic rings. The Labute approximate surface area is 395 Å². The lowest BCUT2D eigenvalue weighted by Crippen LogP contribution is -2.59. The minimum Gasteiger partial charge on any atom is -0.491 e. The molecule has 3 aliphatic heterocycles. The molecule has 3 unspecified atom stereocenters. The fraction of sp³-hybridized carbons (Fsp3) is 0.447. The van der Waals surface area contributed by atoms with Gasteiger partial charge in [0.1, 0.15) is 33.9 Å². The van der Waals surface area contributed by atoms with E-state index in [1.165, 1.54) is 12.1 Å². The van der Waals surface area contributed by atoms with Gasteiger partial charge in [-0.3, -0.25) is 34.5 Å². The third kappa shape index (κ3) is 8.64. The molecule has 2 fully saturated rings. The second-order valence-corrected chi connectivity index (χ2v) is 19.0. The van der Waals surface area contributed by atoms with E-state index in [0.29, 0.717) is 87.1 Å². The van der Waals surface area contributed by atoms with E-state index in [1.54, 1.807) is 45.1 Å². The van der Waals surface area contributed by atoms with Gasteiger partial charge < -0.3 is 33.2 Å². The highest BCUT2D eigenvalue weighted by Crippen LogP contribution is 2.40. The van der Waals surface area contributed by atoms with Crippen molar-refractivity contribution in [2.24, 2.45) is 5.41 Å². The largest absolute Gasteiger partial charge is 0.491 e. The SMILES string of the molecule is CCOC(=O)c1cc2c3c(c1)nc(NC(=O)c1cc(C)nn1CC)n3C/C=C/Cn1c(NC(=O)c3cc(C)nn3CC)nc3cc(C(=O)O)cc(c31)OC[C@](C)(C([SiH3])N1C3CCC1COC3)CO2. The van der Waals surface area contributed by atoms with Crippen LogP contribution in [0.5, 0.6) is 11.5 Å². The number of amides is 2. The van der Waals surface area contributed by atoms with Crippen LogP contribution in [0.4, 0.5) is 11.9 Å². The summed E-state index contributed by atoms with van der Waals surface area (Å²) >= 11 is 0. The molecule has 0 aliphatic carbocycles. The fourth-order valence-electron chi connectivity index (χ4n) is 9.73. The van der Waals surface area contributed by atoms with Crippen LogP contribution in [-0.2, 0) is 35.7 Å². The zero-order valence-corrected chi connectivity index (χ0v) is 41.4. The highest BCUT2D eigenvalue weighted by atomic mass is 28.1. The van der Waals surface area contributed by atoms with Crippen LogP contribution in [-0.4, -0.2) is 133 Å². The lowest BCUT2D eigenvalue weighted by molar-refractivity contribution is -0.0591. The first-order valence-electron chi connectivity index (χ1n) is 23.2. The molecule has 68 heavy (non-hydrogen) atoms. The molecule has 20 nitrogen and oxygen atoms in total. The Morgan fingerprint density at radius 3 is 1.74 bits per heavy atom. The van der Waals surface area contributed by atoms with E-state index in [4.69, 9.17) is 28.9 Å². The van der Waals surface area contributed by atoms with E-state index in [1.807, 2.05) is 44.4 Å². The van der Waals surface area contributed by atoms with Gasteiger partial charge in [0.2, 0.25) is 11.9 Å². The molecule has 2 saturated heterocycles. The summed E-state index contributed by atoms with van der Waals surface area (Å²) in [5.41, 5.74) is 3.17. The zero-order valence-electron chi connectivity index (χ0n) is 39.4. The molecule has 0 spiro atoms. The number of hydrogen-bond acceptors (Lipinski definition) is 13. The fourth-order valence-corrected chi connectivity index (χ4v) is 10.9. The van der Waals surface area contributed by atoms with Crippen molar-refractivity contribution in [3.63, 3.8) is 0 Å². The molecule has 2 bridgehead atoms. The van der Waals surface area contributed by atoms with Crippen molar-refractivity contribution in [2.45, 2.75) is 98.3 Å². The molecule has 2 aromatic carbocycles. The second-order valence-electron chi connectivity index (χ2n) is 17.9. The van der Waals surface area contributed by atoms with Crippen molar-refractivity contribution < 1.29 is 43.2 Å². The molecule has 7 heterocycles. The number of fused-ring (bicyclic) bond motifs is 2. The number of nitrogens with one attached hydrogen (secondary N) is 2. The second kappa shape index (κ2) is 18.7. The summed E-state index contributed by atoms with van der Waals surface area (Å²) < 4.78 is 32.2. The maximum Gasteiger partial charge on any atom is 0.338 e. The first kappa shape index (κ1) is 46.3. The molecular weight excluding hydrogens is 891 g/mol. The first-order chi connectivity index (χ1) is 32.7. The Kier molecular flexibility index (Phi) is 12.7. The third-order valence-corrected chi connectivity index (χ3v) is 15.3. The monoisotopic (exact) mass is 947 g/mol. The van der Waals surface area contributed by atoms with Crippen molar-refractivity contribution in [3.8, 4) is 11.5 Å². The predicted molar refractivity (Wildman–Crippen MR) is 255 cm³/mol. The standard InChI is InChI=1S/C47H57N11O9Si/c1-7-56-34(16-26(4)52-56)40(59)50-45-48-32-18-28(42(61)62)20-36-38(32)54(45)14-10-11-15-55-39-33(49-46(55)51-41(60)35-17-27(5)53-57(35)8-2)19-29(43(63)65-9-3)21-37(39)67-25-47(6,24-66-36)44(68)58-30-12-13-31(58)23-64-22-30/h10-11,16-21,30-31,44H,7-9,12-15,22-25H2,1-6,68H3,(H,61,62)(H,48,50,59)(H,49,51,60)/b11-10+/t30?,31?,44?,47-/m0/s1. The number of aryl methyl sites for hydroxylation is 4. The van der Waals surface area contributed by atoms with Crippen molar-refractivity contribution >= 4 is 68.0 Å². The van der Waals surface area contributed by atoms with Crippen molar-refractivity contribution in [1.29, 1.82) is 0 Å². The molecule has 4 atom stereocenters. The average molecular weight is 948 g/mol. The molecule has 3 aliphatic rings. The molecule has 9 rings (SSSR count). The molecule has 3 N–H and O–H groups in total. The van der Waals surface area contributed by atoms with Crippen LogP contribution in [0, 0.1) is 19.3 Å². The molecule has 0 saturated carbocycles. The van der Waals surface area contributed by atoms with E-state index in [9.17, 15) is 24.3 Å². The Balaban J connectivity index is 1.21. The number of morpholine rings is 1. The van der Waals surface area contributed by atoms with E-state index in [0.717, 1.165) is 12.8 Å². The summed E-state index contributed by atoms with van der Waals surface area (Å²) in [5, 5.41) is 25.3. The van der Waals surface area contributed by atoms with E-state index >= 15 is 0 Å². The maximum absolute atomic E-state index is 14.1.